The van der Waals surface area contributed by atoms with Gasteiger partial charge in [-0.05, 0) is 43.8 Å². The Hall–Kier alpha value is 0.137. The quantitative estimate of drug-likeness (QED) is 0.136. The second-order valence-corrected chi connectivity index (χ2v) is 11.6. The van der Waals surface area contributed by atoms with Gasteiger partial charge < -0.3 is 0 Å². The third-order valence-electron chi connectivity index (χ3n) is 5.15. The van der Waals surface area contributed by atoms with Crippen LogP contribution >= 0.6 is 0 Å². The van der Waals surface area contributed by atoms with E-state index in [0.29, 0.717) is 5.04 Å². The first-order valence-corrected chi connectivity index (χ1v) is 12.7. The number of unbranched alkanes of at least 4 members (excludes halogenated alkanes) is 4. The molecule has 0 aliphatic rings. The summed E-state index contributed by atoms with van der Waals surface area (Å²) in [6, 6.07) is 0. The van der Waals surface area contributed by atoms with Crippen LogP contribution in [0.4, 0.5) is 0 Å². The van der Waals surface area contributed by atoms with Crippen molar-refractivity contribution in [1.82, 2.24) is 0 Å². The Kier molecular flexibility index (Phi) is 12.6. The fourth-order valence-electron chi connectivity index (χ4n) is 3.30. The molecule has 0 aromatic carbocycles. The lowest BCUT2D eigenvalue weighted by Crippen LogP contribution is -2.46. The monoisotopic (exact) mass is 330 g/mol. The Morgan fingerprint density at radius 3 is 1.45 bits per heavy atom. The van der Waals surface area contributed by atoms with Crippen molar-refractivity contribution in [2.24, 2.45) is 0 Å². The predicted molar refractivity (Wildman–Crippen MR) is 101 cm³/mol. The van der Waals surface area contributed by atoms with Gasteiger partial charge in [-0.3, -0.25) is 4.58 Å². The summed E-state index contributed by atoms with van der Waals surface area (Å²) in [5.74, 6) is 0. The second-order valence-electron chi connectivity index (χ2n) is 7.36. The average molecular weight is 331 g/mol. The predicted octanol–water partition coefficient (Wildman–Crippen LogP) is 7.25. The molecule has 0 spiro atoms. The van der Waals surface area contributed by atoms with Crippen molar-refractivity contribution in [3.8, 4) is 0 Å². The molecule has 0 aliphatic heterocycles. The molecule has 0 rings (SSSR count). The largest absolute Gasteiger partial charge is 0.286 e. The van der Waals surface area contributed by atoms with Gasteiger partial charge in [0, 0.05) is 0 Å². The molecular formula is C19H42O2Si. The van der Waals surface area contributed by atoms with Crippen molar-refractivity contribution in [3.63, 3.8) is 0 Å². The molecule has 0 unspecified atom stereocenters. The second kappa shape index (κ2) is 12.5. The van der Waals surface area contributed by atoms with Crippen molar-refractivity contribution in [3.05, 3.63) is 0 Å². The zero-order valence-corrected chi connectivity index (χ0v) is 17.3. The molecule has 0 aromatic heterocycles. The maximum absolute atomic E-state index is 6.13. The third kappa shape index (κ3) is 7.61. The highest BCUT2D eigenvalue weighted by Crippen LogP contribution is 2.52. The summed E-state index contributed by atoms with van der Waals surface area (Å²) in [7, 11) is -1.87. The van der Waals surface area contributed by atoms with Gasteiger partial charge in [0.1, 0.15) is 0 Å². The van der Waals surface area contributed by atoms with Gasteiger partial charge in [-0.15, -0.1) is 0 Å². The number of hydrogen-bond donors (Lipinski definition) is 0. The molecule has 0 amide bonds. The Labute approximate surface area is 141 Å². The minimum absolute atomic E-state index is 0.390. The van der Waals surface area contributed by atoms with E-state index in [0.717, 1.165) is 19.4 Å². The topological polar surface area (TPSA) is 18.5 Å². The SMILES string of the molecule is CCCCOO[Si](C)(C)C(CCCC)(CCCC)CCCC. The normalized spacial score (nSPS) is 12.8. The summed E-state index contributed by atoms with van der Waals surface area (Å²) in [5.41, 5.74) is 0. The van der Waals surface area contributed by atoms with E-state index in [1.165, 1.54) is 57.8 Å². The molecule has 0 aliphatic carbocycles. The fraction of sp³-hybridized carbons (Fsp3) is 1.00. The van der Waals surface area contributed by atoms with E-state index in [-0.39, 0.29) is 0 Å². The fourth-order valence-corrected chi connectivity index (χ4v) is 6.20. The third-order valence-corrected chi connectivity index (χ3v) is 8.99. The first-order valence-electron chi connectivity index (χ1n) is 9.80. The van der Waals surface area contributed by atoms with Gasteiger partial charge in [0.15, 0.2) is 0 Å². The van der Waals surface area contributed by atoms with E-state index in [1.807, 2.05) is 0 Å². The summed E-state index contributed by atoms with van der Waals surface area (Å²) >= 11 is 0. The molecule has 0 saturated carbocycles. The Balaban J connectivity index is 4.99. The zero-order valence-electron chi connectivity index (χ0n) is 16.3. The highest BCUT2D eigenvalue weighted by molar-refractivity contribution is 6.74. The van der Waals surface area contributed by atoms with E-state index in [4.69, 9.17) is 9.46 Å². The molecule has 0 N–H and O–H groups in total. The molecule has 0 bridgehead atoms. The molecule has 0 saturated heterocycles. The number of rotatable bonds is 15. The molecule has 0 atom stereocenters. The van der Waals surface area contributed by atoms with Gasteiger partial charge in [-0.25, -0.2) is 4.89 Å². The average Bonchev–Trinajstić information content (AvgIpc) is 2.51. The summed E-state index contributed by atoms with van der Waals surface area (Å²) in [6.45, 7) is 14.6. The van der Waals surface area contributed by atoms with E-state index in [9.17, 15) is 0 Å². The molecule has 2 nitrogen and oxygen atoms in total. The first-order chi connectivity index (χ1) is 10.5. The van der Waals surface area contributed by atoms with Crippen LogP contribution in [0.3, 0.4) is 0 Å². The Morgan fingerprint density at radius 2 is 1.09 bits per heavy atom. The van der Waals surface area contributed by atoms with Crippen LogP contribution in [0.5, 0.6) is 0 Å². The molecule has 0 radical (unpaired) electrons. The van der Waals surface area contributed by atoms with E-state index in [1.54, 1.807) is 0 Å². The van der Waals surface area contributed by atoms with Crippen LogP contribution in [0.15, 0.2) is 0 Å². The maximum Gasteiger partial charge on any atom is 0.239 e. The minimum Gasteiger partial charge on any atom is -0.286 e. The highest BCUT2D eigenvalue weighted by Gasteiger charge is 2.48. The lowest BCUT2D eigenvalue weighted by Gasteiger charge is -2.44. The van der Waals surface area contributed by atoms with Gasteiger partial charge in [0.2, 0.25) is 8.32 Å². The molecule has 0 aromatic rings. The van der Waals surface area contributed by atoms with Crippen molar-refractivity contribution in [2.75, 3.05) is 6.61 Å². The van der Waals surface area contributed by atoms with Gasteiger partial charge >= 0.3 is 0 Å². The van der Waals surface area contributed by atoms with E-state index >= 15 is 0 Å². The lowest BCUT2D eigenvalue weighted by atomic mass is 9.89. The van der Waals surface area contributed by atoms with Crippen molar-refractivity contribution < 1.29 is 9.46 Å². The van der Waals surface area contributed by atoms with E-state index < -0.39 is 8.32 Å². The highest BCUT2D eigenvalue weighted by atomic mass is 28.4. The minimum atomic E-state index is -1.87. The Morgan fingerprint density at radius 1 is 0.682 bits per heavy atom. The molecule has 3 heteroatoms. The molecule has 0 heterocycles. The van der Waals surface area contributed by atoms with Crippen LogP contribution in [-0.4, -0.2) is 14.9 Å². The van der Waals surface area contributed by atoms with Crippen LogP contribution in [0, 0.1) is 0 Å². The van der Waals surface area contributed by atoms with E-state index in [2.05, 4.69) is 40.8 Å². The summed E-state index contributed by atoms with van der Waals surface area (Å²) in [4.78, 5) is 5.65. The van der Waals surface area contributed by atoms with Crippen LogP contribution in [0.2, 0.25) is 18.1 Å². The smallest absolute Gasteiger partial charge is 0.239 e. The maximum atomic E-state index is 6.13. The Bertz CT molecular complexity index is 232. The van der Waals surface area contributed by atoms with Gasteiger partial charge in [0.05, 0.1) is 6.61 Å². The van der Waals surface area contributed by atoms with Gasteiger partial charge in [-0.1, -0.05) is 72.6 Å². The lowest BCUT2D eigenvalue weighted by molar-refractivity contribution is -0.222. The summed E-state index contributed by atoms with van der Waals surface area (Å²) in [5, 5.41) is 0.390. The first kappa shape index (κ1) is 22.1. The van der Waals surface area contributed by atoms with Crippen LogP contribution in [0.25, 0.3) is 0 Å². The van der Waals surface area contributed by atoms with Crippen molar-refractivity contribution >= 4 is 8.32 Å². The summed E-state index contributed by atoms with van der Waals surface area (Å²) in [6.07, 6.45) is 14.0. The van der Waals surface area contributed by atoms with Crippen LogP contribution in [0.1, 0.15) is 98.3 Å². The zero-order chi connectivity index (χ0) is 16.9. The van der Waals surface area contributed by atoms with Crippen molar-refractivity contribution in [2.45, 2.75) is 116 Å². The molecule has 22 heavy (non-hydrogen) atoms. The standard InChI is InChI=1S/C19H42O2Si/c1-7-11-15-19(16-12-8-2,17-13-9-3)22(5,6)21-20-18-14-10-4/h7-18H2,1-6H3. The van der Waals surface area contributed by atoms with Crippen LogP contribution in [-0.2, 0) is 9.46 Å². The number of hydrogen-bond acceptors (Lipinski definition) is 2. The summed E-state index contributed by atoms with van der Waals surface area (Å²) < 4.78 is 6.13. The molecular weight excluding hydrogens is 288 g/mol. The van der Waals surface area contributed by atoms with Crippen LogP contribution < -0.4 is 0 Å². The van der Waals surface area contributed by atoms with Gasteiger partial charge in [-0.2, -0.15) is 0 Å². The van der Waals surface area contributed by atoms with Gasteiger partial charge in [0.25, 0.3) is 0 Å². The van der Waals surface area contributed by atoms with Crippen molar-refractivity contribution in [1.29, 1.82) is 0 Å². The molecule has 134 valence electrons. The molecule has 0 fully saturated rings.